The molecule has 0 unspecified atom stereocenters. The molecule has 0 saturated carbocycles. The summed E-state index contributed by atoms with van der Waals surface area (Å²) in [6.45, 7) is 0.432. The number of halogens is 1. The van der Waals surface area contributed by atoms with E-state index in [-0.39, 0.29) is 29.8 Å². The van der Waals surface area contributed by atoms with Gasteiger partial charge in [0.05, 0.1) is 5.69 Å². The summed E-state index contributed by atoms with van der Waals surface area (Å²) in [6, 6.07) is 23.7. The molecular weight excluding hydrogens is 486 g/mol. The van der Waals surface area contributed by atoms with Crippen LogP contribution in [0.2, 0.25) is 0 Å². The van der Waals surface area contributed by atoms with Crippen LogP contribution in [-0.2, 0) is 6.42 Å². The first kappa shape index (κ1) is 23.1. The molecule has 1 aliphatic heterocycles. The normalized spacial score (nSPS) is 14.8. The van der Waals surface area contributed by atoms with Crippen molar-refractivity contribution in [3.63, 3.8) is 0 Å². The lowest BCUT2D eigenvalue weighted by Crippen LogP contribution is -2.30. The van der Waals surface area contributed by atoms with Crippen molar-refractivity contribution in [2.75, 3.05) is 23.1 Å². The van der Waals surface area contributed by atoms with Gasteiger partial charge in [0.25, 0.3) is 5.91 Å². The van der Waals surface area contributed by atoms with Crippen molar-refractivity contribution in [1.82, 2.24) is 4.98 Å². The van der Waals surface area contributed by atoms with Crippen molar-refractivity contribution >= 4 is 56.3 Å². The van der Waals surface area contributed by atoms with Gasteiger partial charge < -0.3 is 20.7 Å². The number of hydrogen-bond donors (Lipinski definition) is 3. The maximum atomic E-state index is 13.7. The predicted molar refractivity (Wildman–Crippen MR) is 148 cm³/mol. The Bertz CT molecular complexity index is 1690. The number of rotatable bonds is 5. The maximum Gasteiger partial charge on any atom is 0.274 e. The Morgan fingerprint density at radius 3 is 2.51 bits per heavy atom. The van der Waals surface area contributed by atoms with Gasteiger partial charge in [-0.15, -0.1) is 11.6 Å². The summed E-state index contributed by atoms with van der Waals surface area (Å²) < 4.78 is 0. The average molecular weight is 510 g/mol. The highest BCUT2D eigenvalue weighted by Gasteiger charge is 2.35. The number of H-pyrrole nitrogens is 1. The number of benzene rings is 4. The van der Waals surface area contributed by atoms with Crippen LogP contribution in [0.5, 0.6) is 5.75 Å². The number of nitrogens with zero attached hydrogens (tertiary/aromatic N) is 1. The summed E-state index contributed by atoms with van der Waals surface area (Å²) in [4.78, 5) is 31.3. The van der Waals surface area contributed by atoms with Crippen LogP contribution < -0.4 is 10.6 Å². The number of aromatic hydroxyl groups is 1. The third-order valence-electron chi connectivity index (χ3n) is 7.09. The molecule has 7 heteroatoms. The van der Waals surface area contributed by atoms with E-state index in [1.807, 2.05) is 48.5 Å². The van der Waals surface area contributed by atoms with E-state index in [0.29, 0.717) is 35.1 Å². The van der Waals surface area contributed by atoms with E-state index >= 15 is 0 Å². The topological polar surface area (TPSA) is 99.4 Å². The number of alkyl halides is 1. The number of phenolic OH excluding ortho intramolecular Hbond substituents is 1. The summed E-state index contributed by atoms with van der Waals surface area (Å²) in [6.07, 6.45) is 0.248. The monoisotopic (exact) mass is 509 g/mol. The average Bonchev–Trinajstić information content (AvgIpc) is 3.50. The Balaban J connectivity index is 1.31. The fourth-order valence-electron chi connectivity index (χ4n) is 5.25. The summed E-state index contributed by atoms with van der Waals surface area (Å²) in [7, 11) is 0. The minimum absolute atomic E-state index is 0.000917. The zero-order valence-corrected chi connectivity index (χ0v) is 20.6. The lowest BCUT2D eigenvalue weighted by atomic mass is 9.95. The number of aromatic nitrogens is 1. The van der Waals surface area contributed by atoms with Gasteiger partial charge in [-0.05, 0) is 59.0 Å². The molecular formula is C30H24ClN3O3. The van der Waals surface area contributed by atoms with Crippen LogP contribution in [-0.4, -0.2) is 34.2 Å². The van der Waals surface area contributed by atoms with E-state index in [4.69, 9.17) is 17.3 Å². The zero-order valence-electron chi connectivity index (χ0n) is 19.9. The first-order chi connectivity index (χ1) is 17.9. The van der Waals surface area contributed by atoms with Crippen molar-refractivity contribution < 1.29 is 14.7 Å². The number of Topliss-reactive ketones (excluding diaryl/α,β-unsaturated/α-hetero) is 1. The van der Waals surface area contributed by atoms with Gasteiger partial charge in [-0.2, -0.15) is 0 Å². The maximum absolute atomic E-state index is 13.7. The van der Waals surface area contributed by atoms with Gasteiger partial charge in [0, 0.05) is 58.4 Å². The molecule has 184 valence electrons. The first-order valence-corrected chi connectivity index (χ1v) is 12.6. The Kier molecular flexibility index (Phi) is 5.61. The van der Waals surface area contributed by atoms with Crippen molar-refractivity contribution in [2.24, 2.45) is 0 Å². The highest BCUT2D eigenvalue weighted by Crippen LogP contribution is 2.45. The molecule has 0 saturated heterocycles. The highest BCUT2D eigenvalue weighted by molar-refractivity contribution is 6.19. The lowest BCUT2D eigenvalue weighted by Gasteiger charge is -2.17. The van der Waals surface area contributed by atoms with E-state index in [1.165, 1.54) is 0 Å². The minimum Gasteiger partial charge on any atom is -0.507 e. The highest BCUT2D eigenvalue weighted by atomic mass is 35.5. The second-order valence-corrected chi connectivity index (χ2v) is 9.78. The van der Waals surface area contributed by atoms with Crippen LogP contribution >= 0.6 is 11.6 Å². The van der Waals surface area contributed by atoms with Crippen molar-refractivity contribution in [2.45, 2.75) is 12.3 Å². The van der Waals surface area contributed by atoms with Gasteiger partial charge in [0.1, 0.15) is 11.4 Å². The third-order valence-corrected chi connectivity index (χ3v) is 7.46. The third kappa shape index (κ3) is 3.99. The number of carbonyl (C=O) groups excluding carboxylic acids is 2. The van der Waals surface area contributed by atoms with Gasteiger partial charge in [-0.25, -0.2) is 0 Å². The molecule has 1 aliphatic rings. The molecule has 6 rings (SSSR count). The van der Waals surface area contributed by atoms with Gasteiger partial charge >= 0.3 is 0 Å². The fourth-order valence-corrected chi connectivity index (χ4v) is 5.51. The predicted octanol–water partition coefficient (Wildman–Crippen LogP) is 6.02. The Morgan fingerprint density at radius 1 is 1.00 bits per heavy atom. The Hall–Kier alpha value is -4.29. The number of aromatic amines is 1. The number of amides is 1. The van der Waals surface area contributed by atoms with Crippen molar-refractivity contribution in [1.29, 1.82) is 0 Å². The molecule has 4 N–H and O–H groups in total. The summed E-state index contributed by atoms with van der Waals surface area (Å²) >= 11 is 6.32. The van der Waals surface area contributed by atoms with Gasteiger partial charge in [-0.3, -0.25) is 9.59 Å². The number of phenols is 1. The van der Waals surface area contributed by atoms with Crippen LogP contribution in [0.25, 0.3) is 21.7 Å². The standard InChI is InChI=1S/C30H24ClN3O3/c31-15-20-16-34(26-14-28(36)22-3-1-2-4-23(22)29(20)26)30(37)25-13-19-11-17(5-10-24(19)33-25)12-27(35)18-6-8-21(32)9-7-18/h1-11,13-14,20,33,36H,12,15-16,32H2/t20-/m1/s1. The number of fused-ring (bicyclic) bond motifs is 4. The zero-order chi connectivity index (χ0) is 25.7. The van der Waals surface area contributed by atoms with Crippen molar-refractivity contribution in [3.05, 3.63) is 101 Å². The summed E-state index contributed by atoms with van der Waals surface area (Å²) in [5, 5.41) is 13.2. The smallest absolute Gasteiger partial charge is 0.274 e. The first-order valence-electron chi connectivity index (χ1n) is 12.1. The molecule has 37 heavy (non-hydrogen) atoms. The molecule has 0 radical (unpaired) electrons. The fraction of sp³-hybridized carbons (Fsp3) is 0.133. The number of nitrogens with two attached hydrogens (primary N) is 1. The van der Waals surface area contributed by atoms with E-state index in [1.54, 1.807) is 35.2 Å². The summed E-state index contributed by atoms with van der Waals surface area (Å²) in [5.41, 5.74) is 10.7. The molecule has 5 aromatic rings. The second-order valence-electron chi connectivity index (χ2n) is 9.47. The summed E-state index contributed by atoms with van der Waals surface area (Å²) in [5.74, 6) is 0.262. The molecule has 1 atom stereocenters. The lowest BCUT2D eigenvalue weighted by molar-refractivity contribution is 0.0979. The van der Waals surface area contributed by atoms with E-state index in [0.717, 1.165) is 32.8 Å². The van der Waals surface area contributed by atoms with Gasteiger partial charge in [-0.1, -0.05) is 30.3 Å². The molecule has 4 aromatic carbocycles. The molecule has 0 aliphatic carbocycles. The molecule has 2 heterocycles. The molecule has 1 aromatic heterocycles. The number of nitrogens with one attached hydrogen (secondary N) is 1. The van der Waals surface area contributed by atoms with E-state index in [9.17, 15) is 14.7 Å². The van der Waals surface area contributed by atoms with Gasteiger partial charge in [0.2, 0.25) is 0 Å². The van der Waals surface area contributed by atoms with Crippen LogP contribution in [0.15, 0.2) is 78.9 Å². The number of anilines is 2. The van der Waals surface area contributed by atoms with Crippen LogP contribution in [0.3, 0.4) is 0 Å². The molecule has 0 fully saturated rings. The Morgan fingerprint density at radius 2 is 1.76 bits per heavy atom. The molecule has 1 amide bonds. The number of ketones is 1. The van der Waals surface area contributed by atoms with Crippen LogP contribution in [0, 0.1) is 0 Å². The minimum atomic E-state index is -0.195. The van der Waals surface area contributed by atoms with Crippen LogP contribution in [0.4, 0.5) is 11.4 Å². The van der Waals surface area contributed by atoms with Crippen LogP contribution in [0.1, 0.15) is 37.9 Å². The molecule has 6 nitrogen and oxygen atoms in total. The second kappa shape index (κ2) is 8.98. The molecule has 0 bridgehead atoms. The van der Waals surface area contributed by atoms with E-state index < -0.39 is 0 Å². The number of nitrogen functional groups attached to an aromatic ring is 1. The quantitative estimate of drug-likeness (QED) is 0.153. The van der Waals surface area contributed by atoms with Gasteiger partial charge in [0.15, 0.2) is 5.78 Å². The van der Waals surface area contributed by atoms with E-state index in [2.05, 4.69) is 4.98 Å². The molecule has 0 spiro atoms. The Labute approximate surface area is 218 Å². The van der Waals surface area contributed by atoms with Crippen molar-refractivity contribution in [3.8, 4) is 5.75 Å². The SMILES string of the molecule is Nc1ccc(C(=O)Cc2ccc3[nH]c(C(=O)N4C[C@@H](CCl)c5c4cc(O)c4ccccc54)cc3c2)cc1. The number of carbonyl (C=O) groups is 2. The largest absolute Gasteiger partial charge is 0.507 e. The number of hydrogen-bond acceptors (Lipinski definition) is 4.